The topological polar surface area (TPSA) is 53.4 Å². The van der Waals surface area contributed by atoms with Gasteiger partial charge in [0.1, 0.15) is 11.7 Å². The van der Waals surface area contributed by atoms with Crippen molar-refractivity contribution in [3.63, 3.8) is 0 Å². The zero-order valence-electron chi connectivity index (χ0n) is 11.5. The van der Waals surface area contributed by atoms with Crippen molar-refractivity contribution in [1.82, 2.24) is 9.88 Å². The van der Waals surface area contributed by atoms with Crippen molar-refractivity contribution in [2.75, 3.05) is 19.7 Å². The van der Waals surface area contributed by atoms with Crippen LogP contribution in [0, 0.1) is 0 Å². The molecule has 0 aliphatic heterocycles. The Hall–Kier alpha value is -1.34. The molecule has 1 N–H and O–H groups in total. The lowest BCUT2D eigenvalue weighted by atomic mass is 10.1. The zero-order chi connectivity index (χ0) is 16.0. The van der Waals surface area contributed by atoms with Gasteiger partial charge in [0, 0.05) is 17.8 Å². The van der Waals surface area contributed by atoms with Crippen LogP contribution in [0.15, 0.2) is 12.1 Å². The van der Waals surface area contributed by atoms with Crippen molar-refractivity contribution in [3.05, 3.63) is 28.5 Å². The van der Waals surface area contributed by atoms with Crippen molar-refractivity contribution in [2.24, 2.45) is 0 Å². The summed E-state index contributed by atoms with van der Waals surface area (Å²) in [4.78, 5) is 16.7. The molecule has 0 saturated carbocycles. The molecule has 0 unspecified atom stereocenters. The lowest BCUT2D eigenvalue weighted by Crippen LogP contribution is -2.40. The van der Waals surface area contributed by atoms with Crippen LogP contribution in [0.4, 0.5) is 13.2 Å². The smallest absolute Gasteiger partial charge is 0.395 e. The predicted octanol–water partition coefficient (Wildman–Crippen LogP) is 2.68. The largest absolute Gasteiger partial charge is 0.406 e. The van der Waals surface area contributed by atoms with Gasteiger partial charge in [0.2, 0.25) is 0 Å². The number of hydrogen-bond donors (Lipinski definition) is 1. The van der Waals surface area contributed by atoms with Crippen LogP contribution in [0.3, 0.4) is 0 Å². The molecule has 0 fully saturated rings. The van der Waals surface area contributed by atoms with Crippen molar-refractivity contribution in [1.29, 1.82) is 0 Å². The molecule has 0 aromatic carbocycles. The first-order valence-electron chi connectivity index (χ1n) is 6.40. The lowest BCUT2D eigenvalue weighted by molar-refractivity contribution is -0.141. The second kappa shape index (κ2) is 7.61. The van der Waals surface area contributed by atoms with Crippen LogP contribution >= 0.6 is 11.6 Å². The van der Waals surface area contributed by atoms with E-state index in [-0.39, 0.29) is 10.7 Å². The molecule has 1 aromatic rings. The van der Waals surface area contributed by atoms with E-state index in [0.29, 0.717) is 17.0 Å². The molecule has 0 bridgehead atoms. The fourth-order valence-electron chi connectivity index (χ4n) is 1.83. The summed E-state index contributed by atoms with van der Waals surface area (Å²) in [7, 11) is 0. The zero-order valence-corrected chi connectivity index (χ0v) is 12.2. The number of carbonyl (C=O) groups is 1. The van der Waals surface area contributed by atoms with E-state index in [1.54, 1.807) is 0 Å². The second-order valence-corrected chi connectivity index (χ2v) is 4.87. The monoisotopic (exact) mass is 324 g/mol. The number of halogens is 4. The summed E-state index contributed by atoms with van der Waals surface area (Å²) in [6, 6.07) is 2.66. The molecule has 0 atom stereocenters. The molecule has 0 aliphatic rings. The average Bonchev–Trinajstić information content (AvgIpc) is 2.35. The molecule has 1 aromatic heterocycles. The molecule has 1 heterocycles. The number of carbonyl (C=O) groups excluding carboxylic acids is 1. The number of aliphatic hydroxyl groups is 1. The van der Waals surface area contributed by atoms with Gasteiger partial charge in [-0.2, -0.15) is 13.2 Å². The minimum atomic E-state index is -4.53. The molecule has 118 valence electrons. The summed E-state index contributed by atoms with van der Waals surface area (Å²) in [6.45, 7) is -0.467. The standard InChI is InChI=1S/C13H16ClF3N2O2/c1-2-3-10-6-9(7-11(14)18-10)12(21)19(4-5-20)8-13(15,16)17/h6-7,20H,2-5,8H2,1H3. The Balaban J connectivity index is 3.02. The van der Waals surface area contributed by atoms with Crippen LogP contribution in [0.5, 0.6) is 0 Å². The lowest BCUT2D eigenvalue weighted by Gasteiger charge is -2.23. The van der Waals surface area contributed by atoms with Gasteiger partial charge in [-0.3, -0.25) is 4.79 Å². The molecule has 1 rings (SSSR count). The SMILES string of the molecule is CCCc1cc(C(=O)N(CCO)CC(F)(F)F)cc(Cl)n1. The third kappa shape index (κ3) is 5.89. The number of rotatable bonds is 6. The molecule has 1 amide bonds. The van der Waals surface area contributed by atoms with Crippen LogP contribution in [0.2, 0.25) is 5.15 Å². The molecule has 21 heavy (non-hydrogen) atoms. The summed E-state index contributed by atoms with van der Waals surface area (Å²) in [5, 5.41) is 8.88. The van der Waals surface area contributed by atoms with Gasteiger partial charge in [-0.15, -0.1) is 0 Å². The summed E-state index contributed by atoms with van der Waals surface area (Å²) >= 11 is 5.79. The van der Waals surface area contributed by atoms with Crippen molar-refractivity contribution < 1.29 is 23.1 Å². The quantitative estimate of drug-likeness (QED) is 0.819. The number of nitrogens with zero attached hydrogens (tertiary/aromatic N) is 2. The fourth-order valence-corrected chi connectivity index (χ4v) is 2.06. The number of aliphatic hydroxyl groups excluding tert-OH is 1. The van der Waals surface area contributed by atoms with E-state index in [4.69, 9.17) is 16.7 Å². The third-order valence-electron chi connectivity index (χ3n) is 2.63. The van der Waals surface area contributed by atoms with Crippen molar-refractivity contribution in [2.45, 2.75) is 25.9 Å². The van der Waals surface area contributed by atoms with Gasteiger partial charge < -0.3 is 10.0 Å². The fraction of sp³-hybridized carbons (Fsp3) is 0.538. The first-order chi connectivity index (χ1) is 9.76. The minimum Gasteiger partial charge on any atom is -0.395 e. The maximum atomic E-state index is 12.5. The maximum Gasteiger partial charge on any atom is 0.406 e. The highest BCUT2D eigenvalue weighted by Gasteiger charge is 2.33. The average molecular weight is 325 g/mol. The molecule has 4 nitrogen and oxygen atoms in total. The van der Waals surface area contributed by atoms with Gasteiger partial charge in [0.05, 0.1) is 6.61 Å². The number of amides is 1. The minimum absolute atomic E-state index is 0.0381. The van der Waals surface area contributed by atoms with E-state index in [1.165, 1.54) is 12.1 Å². The summed E-state index contributed by atoms with van der Waals surface area (Å²) in [6.07, 6.45) is -3.20. The summed E-state index contributed by atoms with van der Waals surface area (Å²) in [5.74, 6) is -0.831. The van der Waals surface area contributed by atoms with Crippen LogP contribution in [-0.2, 0) is 6.42 Å². The molecule has 0 aliphatic carbocycles. The summed E-state index contributed by atoms with van der Waals surface area (Å²) < 4.78 is 37.4. The second-order valence-electron chi connectivity index (χ2n) is 4.49. The van der Waals surface area contributed by atoms with E-state index >= 15 is 0 Å². The Morgan fingerprint density at radius 3 is 2.62 bits per heavy atom. The third-order valence-corrected chi connectivity index (χ3v) is 2.82. The van der Waals surface area contributed by atoms with Crippen molar-refractivity contribution >= 4 is 17.5 Å². The molecule has 0 radical (unpaired) electrons. The molecular formula is C13H16ClF3N2O2. The highest BCUT2D eigenvalue weighted by molar-refractivity contribution is 6.29. The highest BCUT2D eigenvalue weighted by Crippen LogP contribution is 2.19. The Morgan fingerprint density at radius 1 is 1.43 bits per heavy atom. The number of hydrogen-bond acceptors (Lipinski definition) is 3. The Kier molecular flexibility index (Phi) is 6.42. The highest BCUT2D eigenvalue weighted by atomic mass is 35.5. The van der Waals surface area contributed by atoms with E-state index in [2.05, 4.69) is 4.98 Å². The Morgan fingerprint density at radius 2 is 2.10 bits per heavy atom. The van der Waals surface area contributed by atoms with E-state index in [9.17, 15) is 18.0 Å². The number of pyridine rings is 1. The van der Waals surface area contributed by atoms with Gasteiger partial charge in [-0.1, -0.05) is 24.9 Å². The maximum absolute atomic E-state index is 12.5. The first-order valence-corrected chi connectivity index (χ1v) is 6.78. The van der Waals surface area contributed by atoms with Gasteiger partial charge in [0.15, 0.2) is 0 Å². The molecular weight excluding hydrogens is 309 g/mol. The van der Waals surface area contributed by atoms with Gasteiger partial charge >= 0.3 is 6.18 Å². The molecule has 0 saturated heterocycles. The number of alkyl halides is 3. The van der Waals surface area contributed by atoms with Crippen molar-refractivity contribution in [3.8, 4) is 0 Å². The van der Waals surface area contributed by atoms with Crippen LogP contribution in [-0.4, -0.2) is 46.8 Å². The molecule has 8 heteroatoms. The first kappa shape index (κ1) is 17.7. The predicted molar refractivity (Wildman–Crippen MR) is 72.3 cm³/mol. The van der Waals surface area contributed by atoms with E-state index in [1.807, 2.05) is 6.92 Å². The van der Waals surface area contributed by atoms with Crippen LogP contribution in [0.1, 0.15) is 29.4 Å². The van der Waals surface area contributed by atoms with E-state index < -0.39 is 31.8 Å². The normalized spacial score (nSPS) is 11.5. The van der Waals surface area contributed by atoms with Crippen LogP contribution in [0.25, 0.3) is 0 Å². The molecule has 0 spiro atoms. The summed E-state index contributed by atoms with van der Waals surface area (Å²) in [5.41, 5.74) is 0.584. The van der Waals surface area contributed by atoms with Gasteiger partial charge in [-0.05, 0) is 18.6 Å². The Bertz CT molecular complexity index is 495. The van der Waals surface area contributed by atoms with Gasteiger partial charge in [-0.25, -0.2) is 4.98 Å². The Labute approximate surface area is 125 Å². The number of aromatic nitrogens is 1. The number of aryl methyl sites for hydroxylation is 1. The van der Waals surface area contributed by atoms with Gasteiger partial charge in [0.25, 0.3) is 5.91 Å². The van der Waals surface area contributed by atoms with Crippen LogP contribution < -0.4 is 0 Å². The van der Waals surface area contributed by atoms with E-state index in [0.717, 1.165) is 6.42 Å².